The fraction of sp³-hybridized carbons (Fsp3) is 0.400. The molecule has 3 nitrogen and oxygen atoms in total. The topological polar surface area (TPSA) is 66.5 Å². The van der Waals surface area contributed by atoms with E-state index in [1.807, 2.05) is 6.92 Å². The van der Waals surface area contributed by atoms with E-state index in [-0.39, 0.29) is 11.7 Å². The number of phenols is 2. The van der Waals surface area contributed by atoms with E-state index < -0.39 is 11.6 Å². The van der Waals surface area contributed by atoms with Crippen molar-refractivity contribution in [2.75, 3.05) is 6.54 Å². The van der Waals surface area contributed by atoms with Crippen molar-refractivity contribution in [3.8, 4) is 11.5 Å². The zero-order valence-electron chi connectivity index (χ0n) is 8.00. The van der Waals surface area contributed by atoms with Crippen LogP contribution in [0.2, 0.25) is 0 Å². The van der Waals surface area contributed by atoms with Crippen LogP contribution in [0.1, 0.15) is 24.8 Å². The van der Waals surface area contributed by atoms with Crippen molar-refractivity contribution in [3.05, 3.63) is 23.5 Å². The summed E-state index contributed by atoms with van der Waals surface area (Å²) in [6.45, 7) is 2.35. The van der Waals surface area contributed by atoms with Crippen molar-refractivity contribution >= 4 is 0 Å². The van der Waals surface area contributed by atoms with Crippen LogP contribution in [0.5, 0.6) is 11.5 Å². The SMILES string of the molecule is CC(CCN)c1ccc(F)c(O)c1O. The Kier molecular flexibility index (Phi) is 3.30. The van der Waals surface area contributed by atoms with Gasteiger partial charge in [-0.3, -0.25) is 0 Å². The number of phenolic OH excluding ortho intramolecular Hbond substituents is 2. The molecule has 0 bridgehead atoms. The third-order valence-electron chi connectivity index (χ3n) is 2.26. The minimum Gasteiger partial charge on any atom is -0.504 e. The van der Waals surface area contributed by atoms with Crippen molar-refractivity contribution in [2.24, 2.45) is 5.73 Å². The van der Waals surface area contributed by atoms with E-state index in [0.29, 0.717) is 18.5 Å². The van der Waals surface area contributed by atoms with Crippen molar-refractivity contribution < 1.29 is 14.6 Å². The molecule has 1 atom stereocenters. The summed E-state index contributed by atoms with van der Waals surface area (Å²) in [5.41, 5.74) is 5.89. The van der Waals surface area contributed by atoms with Crippen LogP contribution in [-0.2, 0) is 0 Å². The number of halogens is 1. The summed E-state index contributed by atoms with van der Waals surface area (Å²) >= 11 is 0. The van der Waals surface area contributed by atoms with Gasteiger partial charge < -0.3 is 15.9 Å². The van der Waals surface area contributed by atoms with Gasteiger partial charge in [0.1, 0.15) is 0 Å². The highest BCUT2D eigenvalue weighted by molar-refractivity contribution is 5.46. The first kappa shape index (κ1) is 10.8. The Balaban J connectivity index is 3.04. The summed E-state index contributed by atoms with van der Waals surface area (Å²) in [7, 11) is 0. The molecule has 4 heteroatoms. The summed E-state index contributed by atoms with van der Waals surface area (Å²) in [5.74, 6) is -1.88. The molecule has 0 aliphatic carbocycles. The van der Waals surface area contributed by atoms with E-state index >= 15 is 0 Å². The first-order chi connectivity index (χ1) is 6.57. The molecule has 1 rings (SSSR count). The van der Waals surface area contributed by atoms with Crippen LogP contribution in [0.3, 0.4) is 0 Å². The number of benzene rings is 1. The molecule has 1 aromatic rings. The third kappa shape index (κ3) is 1.96. The molecule has 14 heavy (non-hydrogen) atoms. The quantitative estimate of drug-likeness (QED) is 0.649. The second-order valence-corrected chi connectivity index (χ2v) is 3.31. The van der Waals surface area contributed by atoms with Gasteiger partial charge >= 0.3 is 0 Å². The molecule has 0 radical (unpaired) electrons. The Morgan fingerprint density at radius 1 is 1.36 bits per heavy atom. The molecule has 0 aliphatic heterocycles. The smallest absolute Gasteiger partial charge is 0.194 e. The fourth-order valence-corrected chi connectivity index (χ4v) is 1.37. The van der Waals surface area contributed by atoms with Gasteiger partial charge in [-0.15, -0.1) is 0 Å². The van der Waals surface area contributed by atoms with Gasteiger partial charge in [0.2, 0.25) is 0 Å². The zero-order valence-corrected chi connectivity index (χ0v) is 8.00. The summed E-state index contributed by atoms with van der Waals surface area (Å²) in [5, 5.41) is 18.6. The van der Waals surface area contributed by atoms with Gasteiger partial charge in [-0.1, -0.05) is 13.0 Å². The highest BCUT2D eigenvalue weighted by atomic mass is 19.1. The molecule has 0 saturated carbocycles. The molecule has 0 amide bonds. The average molecular weight is 199 g/mol. The van der Waals surface area contributed by atoms with Crippen molar-refractivity contribution in [1.29, 1.82) is 0 Å². The minimum atomic E-state index is -0.814. The molecular weight excluding hydrogens is 185 g/mol. The number of nitrogens with two attached hydrogens (primary N) is 1. The standard InChI is InChI=1S/C10H14FNO2/c1-6(4-5-12)7-2-3-8(11)10(14)9(7)13/h2-3,6,13-14H,4-5,12H2,1H3. The molecule has 78 valence electrons. The highest BCUT2D eigenvalue weighted by Crippen LogP contribution is 2.36. The van der Waals surface area contributed by atoms with Gasteiger partial charge in [0.15, 0.2) is 17.3 Å². The monoisotopic (exact) mass is 199 g/mol. The molecule has 1 unspecified atom stereocenters. The largest absolute Gasteiger partial charge is 0.504 e. The number of aromatic hydroxyl groups is 2. The lowest BCUT2D eigenvalue weighted by molar-refractivity contribution is 0.372. The Bertz CT molecular complexity index is 328. The normalized spacial score (nSPS) is 12.8. The van der Waals surface area contributed by atoms with Crippen molar-refractivity contribution in [1.82, 2.24) is 0 Å². The van der Waals surface area contributed by atoms with Gasteiger partial charge in [-0.2, -0.15) is 0 Å². The summed E-state index contributed by atoms with van der Waals surface area (Å²) in [6, 6.07) is 2.60. The first-order valence-electron chi connectivity index (χ1n) is 4.48. The fourth-order valence-electron chi connectivity index (χ4n) is 1.37. The van der Waals surface area contributed by atoms with Gasteiger partial charge in [0.05, 0.1) is 0 Å². The van der Waals surface area contributed by atoms with Crippen LogP contribution in [0.25, 0.3) is 0 Å². The van der Waals surface area contributed by atoms with Gasteiger partial charge in [-0.05, 0) is 24.9 Å². The molecule has 0 fully saturated rings. The van der Waals surface area contributed by atoms with Gasteiger partial charge in [-0.25, -0.2) is 4.39 Å². The Hall–Kier alpha value is -1.29. The Labute approximate surface area is 82.0 Å². The summed E-state index contributed by atoms with van der Waals surface area (Å²) in [6.07, 6.45) is 0.679. The van der Waals surface area contributed by atoms with E-state index in [4.69, 9.17) is 10.8 Å². The molecule has 4 N–H and O–H groups in total. The predicted molar refractivity (Wildman–Crippen MR) is 51.8 cm³/mol. The van der Waals surface area contributed by atoms with E-state index in [9.17, 15) is 9.50 Å². The predicted octanol–water partition coefficient (Wildman–Crippen LogP) is 1.69. The van der Waals surface area contributed by atoms with Gasteiger partial charge in [0.25, 0.3) is 0 Å². The number of rotatable bonds is 3. The number of hydrogen-bond donors (Lipinski definition) is 3. The van der Waals surface area contributed by atoms with Crippen LogP contribution in [0, 0.1) is 5.82 Å². The lowest BCUT2D eigenvalue weighted by Crippen LogP contribution is -2.04. The molecule has 0 heterocycles. The lowest BCUT2D eigenvalue weighted by Gasteiger charge is -2.13. The van der Waals surface area contributed by atoms with E-state index in [0.717, 1.165) is 6.07 Å². The zero-order chi connectivity index (χ0) is 10.7. The second kappa shape index (κ2) is 4.28. The Morgan fingerprint density at radius 2 is 2.00 bits per heavy atom. The van der Waals surface area contributed by atoms with Crippen molar-refractivity contribution in [2.45, 2.75) is 19.3 Å². The average Bonchev–Trinajstić information content (AvgIpc) is 2.15. The van der Waals surface area contributed by atoms with Crippen LogP contribution in [-0.4, -0.2) is 16.8 Å². The van der Waals surface area contributed by atoms with Gasteiger partial charge in [0, 0.05) is 5.56 Å². The van der Waals surface area contributed by atoms with Crippen LogP contribution >= 0.6 is 0 Å². The lowest BCUT2D eigenvalue weighted by atomic mass is 9.96. The maximum absolute atomic E-state index is 12.8. The first-order valence-corrected chi connectivity index (χ1v) is 4.48. The van der Waals surface area contributed by atoms with E-state index in [2.05, 4.69) is 0 Å². The second-order valence-electron chi connectivity index (χ2n) is 3.31. The molecular formula is C10H14FNO2. The van der Waals surface area contributed by atoms with E-state index in [1.54, 1.807) is 0 Å². The van der Waals surface area contributed by atoms with E-state index in [1.165, 1.54) is 6.07 Å². The molecule has 1 aromatic carbocycles. The minimum absolute atomic E-state index is 0.00602. The Morgan fingerprint density at radius 3 is 2.57 bits per heavy atom. The summed E-state index contributed by atoms with van der Waals surface area (Å²) < 4.78 is 12.8. The number of hydrogen-bond acceptors (Lipinski definition) is 3. The maximum atomic E-state index is 12.8. The molecule has 0 aromatic heterocycles. The maximum Gasteiger partial charge on any atom is 0.194 e. The molecule has 0 spiro atoms. The molecule has 0 aliphatic rings. The highest BCUT2D eigenvalue weighted by Gasteiger charge is 2.15. The van der Waals surface area contributed by atoms with Crippen LogP contribution < -0.4 is 5.73 Å². The van der Waals surface area contributed by atoms with Crippen LogP contribution in [0.15, 0.2) is 12.1 Å². The van der Waals surface area contributed by atoms with Crippen LogP contribution in [0.4, 0.5) is 4.39 Å². The summed E-state index contributed by atoms with van der Waals surface area (Å²) in [4.78, 5) is 0. The third-order valence-corrected chi connectivity index (χ3v) is 2.26. The molecule has 0 saturated heterocycles. The van der Waals surface area contributed by atoms with Crippen molar-refractivity contribution in [3.63, 3.8) is 0 Å².